The molecule has 3 heteroatoms. The highest BCUT2D eigenvalue weighted by molar-refractivity contribution is 6.23. The SMILES string of the molecule is C[C@H]1CCC[C@@H](c2ccccc2)N1C(=O)C=O. The predicted octanol–water partition coefficient (Wildman–Crippen LogP) is 2.33. The number of hydrogen-bond acceptors (Lipinski definition) is 2. The summed E-state index contributed by atoms with van der Waals surface area (Å²) in [6, 6.07) is 10.1. The molecule has 1 aliphatic heterocycles. The number of amides is 1. The van der Waals surface area contributed by atoms with Crippen molar-refractivity contribution < 1.29 is 9.59 Å². The van der Waals surface area contributed by atoms with Crippen LogP contribution in [0.3, 0.4) is 0 Å². The molecule has 1 aromatic rings. The van der Waals surface area contributed by atoms with E-state index < -0.39 is 5.91 Å². The Morgan fingerprint density at radius 1 is 1.29 bits per heavy atom. The summed E-state index contributed by atoms with van der Waals surface area (Å²) in [5.41, 5.74) is 1.12. The fourth-order valence-corrected chi connectivity index (χ4v) is 2.63. The fourth-order valence-electron chi connectivity index (χ4n) is 2.63. The second kappa shape index (κ2) is 5.13. The first-order valence-electron chi connectivity index (χ1n) is 6.06. The Morgan fingerprint density at radius 3 is 2.65 bits per heavy atom. The van der Waals surface area contributed by atoms with Gasteiger partial charge in [-0.05, 0) is 31.7 Å². The van der Waals surface area contributed by atoms with Crippen molar-refractivity contribution in [1.29, 1.82) is 0 Å². The molecule has 0 aromatic heterocycles. The number of nitrogens with zero attached hydrogens (tertiary/aromatic N) is 1. The molecule has 1 amide bonds. The Balaban J connectivity index is 2.30. The Labute approximate surface area is 101 Å². The van der Waals surface area contributed by atoms with Gasteiger partial charge in [0.05, 0.1) is 6.04 Å². The van der Waals surface area contributed by atoms with E-state index in [1.54, 1.807) is 4.90 Å². The number of rotatable bonds is 2. The quantitative estimate of drug-likeness (QED) is 0.578. The van der Waals surface area contributed by atoms with Crippen LogP contribution >= 0.6 is 0 Å². The van der Waals surface area contributed by atoms with E-state index in [1.165, 1.54) is 0 Å². The lowest BCUT2D eigenvalue weighted by Gasteiger charge is -2.40. The number of carbonyl (C=O) groups excluding carboxylic acids is 2. The summed E-state index contributed by atoms with van der Waals surface area (Å²) in [6.45, 7) is 2.01. The van der Waals surface area contributed by atoms with Gasteiger partial charge in [0.1, 0.15) is 0 Å². The van der Waals surface area contributed by atoms with Gasteiger partial charge in [-0.15, -0.1) is 0 Å². The fraction of sp³-hybridized carbons (Fsp3) is 0.429. The summed E-state index contributed by atoms with van der Waals surface area (Å²) < 4.78 is 0. The van der Waals surface area contributed by atoms with Crippen LogP contribution in [0.2, 0.25) is 0 Å². The van der Waals surface area contributed by atoms with Crippen molar-refractivity contribution in [3.63, 3.8) is 0 Å². The lowest BCUT2D eigenvalue weighted by Crippen LogP contribution is -2.44. The molecule has 2 atom stereocenters. The smallest absolute Gasteiger partial charge is 0.287 e. The average molecular weight is 231 g/mol. The van der Waals surface area contributed by atoms with Gasteiger partial charge in [0.2, 0.25) is 6.29 Å². The lowest BCUT2D eigenvalue weighted by atomic mass is 9.91. The van der Waals surface area contributed by atoms with Crippen molar-refractivity contribution in [3.8, 4) is 0 Å². The maximum absolute atomic E-state index is 11.7. The van der Waals surface area contributed by atoms with Crippen LogP contribution in [-0.2, 0) is 9.59 Å². The zero-order valence-corrected chi connectivity index (χ0v) is 10.0. The first-order chi connectivity index (χ1) is 8.24. The highest BCUT2D eigenvalue weighted by Crippen LogP contribution is 2.33. The molecule has 17 heavy (non-hydrogen) atoms. The minimum absolute atomic E-state index is 0.0534. The van der Waals surface area contributed by atoms with Crippen LogP contribution in [0.1, 0.15) is 37.8 Å². The third-order valence-electron chi connectivity index (χ3n) is 3.45. The van der Waals surface area contributed by atoms with Crippen molar-refractivity contribution >= 4 is 12.2 Å². The standard InChI is InChI=1S/C14H17NO2/c1-11-6-5-9-13(15(11)14(17)10-16)12-7-3-2-4-8-12/h2-4,7-8,10-11,13H,5-6,9H2,1H3/t11-,13-/m0/s1. The summed E-state index contributed by atoms with van der Waals surface area (Å²) in [5, 5.41) is 0. The van der Waals surface area contributed by atoms with Crippen LogP contribution in [0.15, 0.2) is 30.3 Å². The van der Waals surface area contributed by atoms with Crippen LogP contribution < -0.4 is 0 Å². The van der Waals surface area contributed by atoms with Gasteiger partial charge in [0.15, 0.2) is 0 Å². The molecular weight excluding hydrogens is 214 g/mol. The van der Waals surface area contributed by atoms with Crippen molar-refractivity contribution in [2.75, 3.05) is 0 Å². The summed E-state index contributed by atoms with van der Waals surface area (Å²) in [7, 11) is 0. The maximum atomic E-state index is 11.7. The van der Waals surface area contributed by atoms with Crippen molar-refractivity contribution in [2.24, 2.45) is 0 Å². The largest absolute Gasteiger partial charge is 0.327 e. The van der Waals surface area contributed by atoms with Crippen molar-refractivity contribution in [1.82, 2.24) is 4.90 Å². The van der Waals surface area contributed by atoms with Crippen molar-refractivity contribution in [3.05, 3.63) is 35.9 Å². The molecule has 0 bridgehead atoms. The highest BCUT2D eigenvalue weighted by Gasteiger charge is 2.32. The number of aldehydes is 1. The van der Waals surface area contributed by atoms with Crippen LogP contribution in [0.5, 0.6) is 0 Å². The zero-order valence-electron chi connectivity index (χ0n) is 10.0. The molecule has 1 heterocycles. The predicted molar refractivity (Wildman–Crippen MR) is 65.4 cm³/mol. The van der Waals surface area contributed by atoms with Gasteiger partial charge in [-0.3, -0.25) is 9.59 Å². The van der Waals surface area contributed by atoms with E-state index in [0.29, 0.717) is 6.29 Å². The number of likely N-dealkylation sites (tertiary alicyclic amines) is 1. The third kappa shape index (κ3) is 2.38. The Morgan fingerprint density at radius 2 is 2.00 bits per heavy atom. The van der Waals surface area contributed by atoms with E-state index in [2.05, 4.69) is 0 Å². The van der Waals surface area contributed by atoms with Gasteiger partial charge in [-0.2, -0.15) is 0 Å². The van der Waals surface area contributed by atoms with E-state index in [1.807, 2.05) is 37.3 Å². The molecule has 1 aromatic carbocycles. The number of benzene rings is 1. The molecular formula is C14H17NO2. The summed E-state index contributed by atoms with van der Waals surface area (Å²) >= 11 is 0. The van der Waals surface area contributed by atoms with E-state index in [4.69, 9.17) is 0 Å². The third-order valence-corrected chi connectivity index (χ3v) is 3.45. The maximum Gasteiger partial charge on any atom is 0.287 e. The molecule has 1 saturated heterocycles. The molecule has 0 unspecified atom stereocenters. The van der Waals surface area contributed by atoms with Gasteiger partial charge in [0.25, 0.3) is 5.91 Å². The van der Waals surface area contributed by atoms with Gasteiger partial charge in [-0.1, -0.05) is 30.3 Å². The Hall–Kier alpha value is -1.64. The normalized spacial score (nSPS) is 24.4. The summed E-state index contributed by atoms with van der Waals surface area (Å²) in [5.74, 6) is -0.397. The van der Waals surface area contributed by atoms with E-state index in [0.717, 1.165) is 24.8 Å². The molecule has 1 fully saturated rings. The number of piperidine rings is 1. The lowest BCUT2D eigenvalue weighted by molar-refractivity contribution is -0.144. The molecule has 90 valence electrons. The number of hydrogen-bond donors (Lipinski definition) is 0. The molecule has 1 aliphatic rings. The van der Waals surface area contributed by atoms with Crippen LogP contribution in [0.4, 0.5) is 0 Å². The first-order valence-corrected chi connectivity index (χ1v) is 6.06. The molecule has 0 saturated carbocycles. The van der Waals surface area contributed by atoms with Gasteiger partial charge < -0.3 is 4.90 Å². The Bertz CT molecular complexity index is 402. The number of carbonyl (C=O) groups is 2. The minimum Gasteiger partial charge on any atom is -0.327 e. The van der Waals surface area contributed by atoms with E-state index in [-0.39, 0.29) is 12.1 Å². The first kappa shape index (κ1) is 11.8. The second-order valence-electron chi connectivity index (χ2n) is 4.57. The zero-order chi connectivity index (χ0) is 12.3. The summed E-state index contributed by atoms with van der Waals surface area (Å²) in [4.78, 5) is 24.2. The molecule has 0 N–H and O–H groups in total. The molecule has 0 radical (unpaired) electrons. The van der Waals surface area contributed by atoms with E-state index in [9.17, 15) is 9.59 Å². The molecule has 0 spiro atoms. The molecule has 0 aliphatic carbocycles. The van der Waals surface area contributed by atoms with Gasteiger partial charge >= 0.3 is 0 Å². The van der Waals surface area contributed by atoms with Gasteiger partial charge in [0, 0.05) is 6.04 Å². The van der Waals surface area contributed by atoms with E-state index >= 15 is 0 Å². The van der Waals surface area contributed by atoms with Crippen LogP contribution in [0.25, 0.3) is 0 Å². The Kier molecular flexibility index (Phi) is 3.57. The van der Waals surface area contributed by atoms with Gasteiger partial charge in [-0.25, -0.2) is 0 Å². The van der Waals surface area contributed by atoms with Crippen LogP contribution in [0, 0.1) is 0 Å². The second-order valence-corrected chi connectivity index (χ2v) is 4.57. The average Bonchev–Trinajstić information content (AvgIpc) is 2.38. The highest BCUT2D eigenvalue weighted by atomic mass is 16.2. The summed E-state index contributed by atoms with van der Waals surface area (Å²) in [6.07, 6.45) is 3.44. The topological polar surface area (TPSA) is 37.4 Å². The monoisotopic (exact) mass is 231 g/mol. The molecule has 2 rings (SSSR count). The van der Waals surface area contributed by atoms with Crippen LogP contribution in [-0.4, -0.2) is 23.1 Å². The minimum atomic E-state index is -0.397. The van der Waals surface area contributed by atoms with Crippen molar-refractivity contribution in [2.45, 2.75) is 38.3 Å². The molecule has 3 nitrogen and oxygen atoms in total.